The second kappa shape index (κ2) is 6.74. The van der Waals surface area contributed by atoms with Crippen molar-refractivity contribution in [3.05, 3.63) is 29.6 Å². The van der Waals surface area contributed by atoms with Crippen molar-refractivity contribution in [1.29, 1.82) is 0 Å². The Balaban J connectivity index is 2.49. The van der Waals surface area contributed by atoms with Gasteiger partial charge in [-0.1, -0.05) is 13.3 Å². The highest BCUT2D eigenvalue weighted by molar-refractivity contribution is 5.93. The number of carboxylic acid groups (broad SMARTS) is 1. The van der Waals surface area contributed by atoms with Crippen molar-refractivity contribution in [2.75, 3.05) is 6.54 Å². The van der Waals surface area contributed by atoms with Gasteiger partial charge in [-0.25, -0.2) is 0 Å². The molecule has 0 bridgehead atoms. The van der Waals surface area contributed by atoms with E-state index >= 15 is 0 Å². The molecular weight excluding hydrogens is 232 g/mol. The van der Waals surface area contributed by atoms with Gasteiger partial charge in [-0.2, -0.15) is 0 Å². The number of pyridine rings is 1. The topological polar surface area (TPSA) is 79.3 Å². The first kappa shape index (κ1) is 14.2. The van der Waals surface area contributed by atoms with Gasteiger partial charge in [-0.3, -0.25) is 14.6 Å². The van der Waals surface area contributed by atoms with Crippen LogP contribution in [0.5, 0.6) is 0 Å². The van der Waals surface area contributed by atoms with Gasteiger partial charge in [0.25, 0.3) is 5.91 Å². The van der Waals surface area contributed by atoms with Crippen molar-refractivity contribution >= 4 is 11.9 Å². The summed E-state index contributed by atoms with van der Waals surface area (Å²) in [6.45, 7) is 4.13. The number of nitrogens with zero attached hydrogens (tertiary/aromatic N) is 1. The summed E-state index contributed by atoms with van der Waals surface area (Å²) in [4.78, 5) is 26.4. The highest BCUT2D eigenvalue weighted by Gasteiger charge is 2.13. The monoisotopic (exact) mass is 250 g/mol. The van der Waals surface area contributed by atoms with E-state index in [1.807, 2.05) is 13.8 Å². The molecule has 0 saturated heterocycles. The number of rotatable bonds is 6. The van der Waals surface area contributed by atoms with E-state index in [1.165, 1.54) is 6.20 Å². The molecule has 0 aliphatic rings. The largest absolute Gasteiger partial charge is 0.481 e. The molecule has 0 radical (unpaired) electrons. The first-order valence-electron chi connectivity index (χ1n) is 5.95. The molecular formula is C13H18N2O3. The Bertz CT molecular complexity index is 415. The number of carboxylic acids is 1. The summed E-state index contributed by atoms with van der Waals surface area (Å²) >= 11 is 0. The predicted molar refractivity (Wildman–Crippen MR) is 67.3 cm³/mol. The first-order valence-corrected chi connectivity index (χ1v) is 5.95. The summed E-state index contributed by atoms with van der Waals surface area (Å²) in [5.41, 5.74) is 1.34. The molecule has 1 rings (SSSR count). The minimum Gasteiger partial charge on any atom is -0.481 e. The molecule has 2 N–H and O–H groups in total. The van der Waals surface area contributed by atoms with Gasteiger partial charge in [0, 0.05) is 24.9 Å². The van der Waals surface area contributed by atoms with Gasteiger partial charge in [-0.15, -0.1) is 0 Å². The molecule has 0 aliphatic heterocycles. The lowest BCUT2D eigenvalue weighted by atomic mass is 10.0. The van der Waals surface area contributed by atoms with Gasteiger partial charge in [0.2, 0.25) is 0 Å². The van der Waals surface area contributed by atoms with E-state index in [-0.39, 0.29) is 18.2 Å². The van der Waals surface area contributed by atoms with Crippen LogP contribution in [0.1, 0.15) is 35.8 Å². The van der Waals surface area contributed by atoms with E-state index in [1.54, 1.807) is 12.1 Å². The quantitative estimate of drug-likeness (QED) is 0.804. The maximum atomic E-state index is 11.8. The summed E-state index contributed by atoms with van der Waals surface area (Å²) in [7, 11) is 0. The summed E-state index contributed by atoms with van der Waals surface area (Å²) in [5, 5.41) is 11.4. The maximum absolute atomic E-state index is 11.8. The van der Waals surface area contributed by atoms with Gasteiger partial charge >= 0.3 is 5.97 Å². The van der Waals surface area contributed by atoms with E-state index in [4.69, 9.17) is 5.11 Å². The van der Waals surface area contributed by atoms with Gasteiger partial charge in [0.1, 0.15) is 0 Å². The average Bonchev–Trinajstić information content (AvgIpc) is 2.34. The zero-order valence-corrected chi connectivity index (χ0v) is 10.6. The summed E-state index contributed by atoms with van der Waals surface area (Å²) in [6, 6.07) is 3.47. The molecule has 18 heavy (non-hydrogen) atoms. The lowest BCUT2D eigenvalue weighted by Crippen LogP contribution is -2.30. The van der Waals surface area contributed by atoms with Gasteiger partial charge in [0.05, 0.1) is 5.56 Å². The Kier molecular flexibility index (Phi) is 5.30. The third-order valence-electron chi connectivity index (χ3n) is 2.77. The predicted octanol–water partition coefficient (Wildman–Crippen LogP) is 1.62. The molecule has 0 saturated carbocycles. The van der Waals surface area contributed by atoms with Crippen LogP contribution < -0.4 is 5.32 Å². The number of hydrogen-bond donors (Lipinski definition) is 2. The fourth-order valence-electron chi connectivity index (χ4n) is 1.55. The Morgan fingerprint density at radius 3 is 2.67 bits per heavy atom. The number of aryl methyl sites for hydroxylation is 1. The standard InChI is InChI=1S/C13H18N2O3/c1-3-10(6-12(16)17)7-15-13(18)11-5-4-9(2)14-8-11/h4-5,8,10H,3,6-7H2,1-2H3,(H,15,18)(H,16,17). The Hall–Kier alpha value is -1.91. The van der Waals surface area contributed by atoms with E-state index < -0.39 is 5.97 Å². The fourth-order valence-corrected chi connectivity index (χ4v) is 1.55. The van der Waals surface area contributed by atoms with Crippen molar-refractivity contribution in [2.45, 2.75) is 26.7 Å². The smallest absolute Gasteiger partial charge is 0.303 e. The Labute approximate surface area is 106 Å². The van der Waals surface area contributed by atoms with E-state index in [0.29, 0.717) is 12.1 Å². The molecule has 0 fully saturated rings. The van der Waals surface area contributed by atoms with Crippen molar-refractivity contribution in [3.8, 4) is 0 Å². The average molecular weight is 250 g/mol. The first-order chi connectivity index (χ1) is 8.52. The summed E-state index contributed by atoms with van der Waals surface area (Å²) in [5.74, 6) is -1.09. The second-order valence-electron chi connectivity index (χ2n) is 4.27. The van der Waals surface area contributed by atoms with Crippen LogP contribution in [0.2, 0.25) is 0 Å². The minimum absolute atomic E-state index is 0.0372. The molecule has 98 valence electrons. The number of carbonyl (C=O) groups is 2. The maximum Gasteiger partial charge on any atom is 0.303 e. The number of aliphatic carboxylic acids is 1. The molecule has 1 unspecified atom stereocenters. The molecule has 1 aromatic rings. The fraction of sp³-hybridized carbons (Fsp3) is 0.462. The zero-order chi connectivity index (χ0) is 13.5. The number of nitrogens with one attached hydrogen (secondary N) is 1. The van der Waals surface area contributed by atoms with Gasteiger partial charge in [0.15, 0.2) is 0 Å². The van der Waals surface area contributed by atoms with Crippen LogP contribution >= 0.6 is 0 Å². The molecule has 0 aromatic carbocycles. The molecule has 5 heteroatoms. The van der Waals surface area contributed by atoms with Gasteiger partial charge in [-0.05, 0) is 25.0 Å². The summed E-state index contributed by atoms with van der Waals surface area (Å²) in [6.07, 6.45) is 2.31. The second-order valence-corrected chi connectivity index (χ2v) is 4.27. The van der Waals surface area contributed by atoms with Crippen LogP contribution in [0.4, 0.5) is 0 Å². The van der Waals surface area contributed by atoms with Crippen molar-refractivity contribution < 1.29 is 14.7 Å². The number of aromatic nitrogens is 1. The lowest BCUT2D eigenvalue weighted by Gasteiger charge is -2.13. The minimum atomic E-state index is -0.840. The number of amides is 1. The Morgan fingerprint density at radius 1 is 1.44 bits per heavy atom. The van der Waals surface area contributed by atoms with E-state index in [0.717, 1.165) is 12.1 Å². The molecule has 0 aliphatic carbocycles. The van der Waals surface area contributed by atoms with Crippen LogP contribution in [0.25, 0.3) is 0 Å². The molecule has 1 atom stereocenters. The normalized spacial score (nSPS) is 11.9. The van der Waals surface area contributed by atoms with Gasteiger partial charge < -0.3 is 10.4 Å². The number of carbonyl (C=O) groups excluding carboxylic acids is 1. The number of hydrogen-bond acceptors (Lipinski definition) is 3. The zero-order valence-electron chi connectivity index (χ0n) is 10.6. The van der Waals surface area contributed by atoms with Crippen LogP contribution in [-0.2, 0) is 4.79 Å². The van der Waals surface area contributed by atoms with Crippen LogP contribution in [0.3, 0.4) is 0 Å². The Morgan fingerprint density at radius 2 is 2.17 bits per heavy atom. The summed E-state index contributed by atoms with van der Waals surface area (Å²) < 4.78 is 0. The van der Waals surface area contributed by atoms with Crippen molar-refractivity contribution in [3.63, 3.8) is 0 Å². The van der Waals surface area contributed by atoms with Crippen molar-refractivity contribution in [1.82, 2.24) is 10.3 Å². The third-order valence-corrected chi connectivity index (χ3v) is 2.77. The van der Waals surface area contributed by atoms with E-state index in [2.05, 4.69) is 10.3 Å². The highest BCUT2D eigenvalue weighted by atomic mass is 16.4. The lowest BCUT2D eigenvalue weighted by molar-refractivity contribution is -0.138. The molecule has 0 spiro atoms. The van der Waals surface area contributed by atoms with Crippen LogP contribution in [-0.4, -0.2) is 28.5 Å². The molecule has 1 aromatic heterocycles. The molecule has 1 heterocycles. The highest BCUT2D eigenvalue weighted by Crippen LogP contribution is 2.07. The molecule has 1 amide bonds. The SMILES string of the molecule is CCC(CNC(=O)c1ccc(C)nc1)CC(=O)O. The van der Waals surface area contributed by atoms with E-state index in [9.17, 15) is 9.59 Å². The van der Waals surface area contributed by atoms with Crippen molar-refractivity contribution in [2.24, 2.45) is 5.92 Å². The van der Waals surface area contributed by atoms with Crippen LogP contribution in [0.15, 0.2) is 18.3 Å². The molecule has 5 nitrogen and oxygen atoms in total. The third kappa shape index (κ3) is 4.53. The van der Waals surface area contributed by atoms with Crippen LogP contribution in [0, 0.1) is 12.8 Å².